The number of nitrogens with zero attached hydrogens (tertiary/aromatic N) is 1. The summed E-state index contributed by atoms with van der Waals surface area (Å²) in [5.74, 6) is 0. The summed E-state index contributed by atoms with van der Waals surface area (Å²) in [5.41, 5.74) is 4.02. The Balaban J connectivity index is 1.48. The maximum Gasteiger partial charge on any atom is 0.0642 e. The van der Waals surface area contributed by atoms with E-state index in [2.05, 4.69) is 71.7 Å². The Kier molecular flexibility index (Phi) is 5.67. The maximum atomic E-state index is 5.41. The van der Waals surface area contributed by atoms with E-state index in [-0.39, 0.29) is 0 Å². The summed E-state index contributed by atoms with van der Waals surface area (Å²) in [7, 11) is 0. The summed E-state index contributed by atoms with van der Waals surface area (Å²) in [4.78, 5) is 2.39. The van der Waals surface area contributed by atoms with Gasteiger partial charge < -0.3 is 15.0 Å². The van der Waals surface area contributed by atoms with E-state index in [1.807, 2.05) is 0 Å². The minimum Gasteiger partial charge on any atom is -0.378 e. The Morgan fingerprint density at radius 3 is 2.35 bits per heavy atom. The zero-order valence-electron chi connectivity index (χ0n) is 13.9. The molecule has 122 valence electrons. The normalized spacial score (nSPS) is 16.3. The molecule has 0 radical (unpaired) electrons. The molecule has 1 heterocycles. The highest BCUT2D eigenvalue weighted by Crippen LogP contribution is 2.16. The molecule has 23 heavy (non-hydrogen) atoms. The predicted octanol–water partition coefficient (Wildman–Crippen LogP) is 3.24. The molecule has 1 aliphatic heterocycles. The summed E-state index contributed by atoms with van der Waals surface area (Å²) in [5, 5.41) is 3.61. The predicted molar refractivity (Wildman–Crippen MR) is 95.9 cm³/mol. The fourth-order valence-electron chi connectivity index (χ4n) is 2.98. The Morgan fingerprint density at radius 2 is 1.65 bits per heavy atom. The van der Waals surface area contributed by atoms with Crippen molar-refractivity contribution < 1.29 is 4.74 Å². The van der Waals surface area contributed by atoms with Gasteiger partial charge in [0.1, 0.15) is 0 Å². The maximum absolute atomic E-state index is 5.41. The van der Waals surface area contributed by atoms with E-state index in [1.165, 1.54) is 16.8 Å². The van der Waals surface area contributed by atoms with Crippen LogP contribution >= 0.6 is 0 Å². The molecule has 1 aliphatic rings. The molecular weight excluding hydrogens is 284 g/mol. The monoisotopic (exact) mass is 310 g/mol. The van der Waals surface area contributed by atoms with Gasteiger partial charge in [0.05, 0.1) is 13.2 Å². The molecule has 2 aromatic rings. The van der Waals surface area contributed by atoms with Crippen molar-refractivity contribution in [1.82, 2.24) is 5.32 Å². The third kappa shape index (κ3) is 4.81. The summed E-state index contributed by atoms with van der Waals surface area (Å²) in [6.45, 7) is 6.81. The summed E-state index contributed by atoms with van der Waals surface area (Å²) in [6, 6.07) is 20.0. The largest absolute Gasteiger partial charge is 0.378 e. The lowest BCUT2D eigenvalue weighted by atomic mass is 10.1. The first-order valence-electron chi connectivity index (χ1n) is 8.50. The van der Waals surface area contributed by atoms with E-state index in [4.69, 9.17) is 4.74 Å². The second-order valence-corrected chi connectivity index (χ2v) is 6.24. The third-order valence-electron chi connectivity index (χ3n) is 4.35. The average Bonchev–Trinajstić information content (AvgIpc) is 2.62. The number of ether oxygens (including phenoxy) is 1. The second kappa shape index (κ2) is 8.14. The lowest BCUT2D eigenvalue weighted by molar-refractivity contribution is 0.122. The van der Waals surface area contributed by atoms with Crippen LogP contribution in [0.4, 0.5) is 5.69 Å². The Morgan fingerprint density at radius 1 is 0.957 bits per heavy atom. The number of anilines is 1. The van der Waals surface area contributed by atoms with Crippen LogP contribution < -0.4 is 10.2 Å². The molecule has 0 aromatic heterocycles. The molecule has 0 spiro atoms. The standard InChI is InChI=1S/C20H26N2O/c1-17(15-18-5-3-2-4-6-18)21-16-19-7-9-20(10-8-19)22-11-13-23-14-12-22/h2-10,17,21H,11-16H2,1H3. The number of benzene rings is 2. The van der Waals surface area contributed by atoms with Crippen LogP contribution in [0.5, 0.6) is 0 Å². The van der Waals surface area contributed by atoms with Gasteiger partial charge in [0.15, 0.2) is 0 Å². The van der Waals surface area contributed by atoms with Crippen LogP contribution in [0.1, 0.15) is 18.1 Å². The number of hydrogen-bond acceptors (Lipinski definition) is 3. The molecule has 0 aliphatic carbocycles. The fraction of sp³-hybridized carbons (Fsp3) is 0.400. The Labute approximate surface area is 139 Å². The van der Waals surface area contributed by atoms with Crippen molar-refractivity contribution in [3.05, 3.63) is 65.7 Å². The van der Waals surface area contributed by atoms with Gasteiger partial charge in [0, 0.05) is 31.4 Å². The van der Waals surface area contributed by atoms with E-state index < -0.39 is 0 Å². The molecule has 2 aromatic carbocycles. The Bertz CT molecular complexity index is 576. The van der Waals surface area contributed by atoms with Gasteiger partial charge in [-0.1, -0.05) is 42.5 Å². The number of nitrogens with one attached hydrogen (secondary N) is 1. The first kappa shape index (κ1) is 16.0. The number of rotatable bonds is 6. The number of morpholine rings is 1. The van der Waals surface area contributed by atoms with Gasteiger partial charge >= 0.3 is 0 Å². The van der Waals surface area contributed by atoms with Crippen LogP contribution in [0.2, 0.25) is 0 Å². The molecule has 1 fully saturated rings. The summed E-state index contributed by atoms with van der Waals surface area (Å²) in [6.07, 6.45) is 1.06. The van der Waals surface area contributed by atoms with Crippen molar-refractivity contribution in [2.45, 2.75) is 25.9 Å². The van der Waals surface area contributed by atoms with Crippen molar-refractivity contribution in [1.29, 1.82) is 0 Å². The van der Waals surface area contributed by atoms with Crippen LogP contribution in [0.15, 0.2) is 54.6 Å². The van der Waals surface area contributed by atoms with Gasteiger partial charge in [-0.15, -0.1) is 0 Å². The van der Waals surface area contributed by atoms with Crippen LogP contribution in [-0.2, 0) is 17.7 Å². The first-order chi connectivity index (χ1) is 11.3. The van der Waals surface area contributed by atoms with E-state index in [9.17, 15) is 0 Å². The third-order valence-corrected chi connectivity index (χ3v) is 4.35. The molecule has 3 heteroatoms. The molecular formula is C20H26N2O. The van der Waals surface area contributed by atoms with Gasteiger partial charge in [0.25, 0.3) is 0 Å². The summed E-state index contributed by atoms with van der Waals surface area (Å²) >= 11 is 0. The van der Waals surface area contributed by atoms with Gasteiger partial charge in [-0.3, -0.25) is 0 Å². The zero-order valence-corrected chi connectivity index (χ0v) is 13.9. The molecule has 3 rings (SSSR count). The quantitative estimate of drug-likeness (QED) is 0.886. The van der Waals surface area contributed by atoms with Crippen molar-refractivity contribution in [2.75, 3.05) is 31.2 Å². The van der Waals surface area contributed by atoms with Crippen LogP contribution in [-0.4, -0.2) is 32.3 Å². The van der Waals surface area contributed by atoms with Crippen LogP contribution in [0.25, 0.3) is 0 Å². The van der Waals surface area contributed by atoms with Gasteiger partial charge in [-0.05, 0) is 36.6 Å². The SMILES string of the molecule is CC(Cc1ccccc1)NCc1ccc(N2CCOCC2)cc1. The molecule has 0 bridgehead atoms. The van der Waals surface area contributed by atoms with Gasteiger partial charge in [-0.25, -0.2) is 0 Å². The molecule has 0 saturated carbocycles. The van der Waals surface area contributed by atoms with E-state index >= 15 is 0 Å². The van der Waals surface area contributed by atoms with E-state index in [0.29, 0.717) is 6.04 Å². The highest BCUT2D eigenvalue weighted by Gasteiger charge is 2.10. The molecule has 1 saturated heterocycles. The van der Waals surface area contributed by atoms with Crippen LogP contribution in [0.3, 0.4) is 0 Å². The fourth-order valence-corrected chi connectivity index (χ4v) is 2.98. The lowest BCUT2D eigenvalue weighted by Gasteiger charge is -2.29. The molecule has 1 unspecified atom stereocenters. The minimum atomic E-state index is 0.469. The molecule has 1 atom stereocenters. The molecule has 3 nitrogen and oxygen atoms in total. The van der Waals surface area contributed by atoms with E-state index in [1.54, 1.807) is 0 Å². The second-order valence-electron chi connectivity index (χ2n) is 6.24. The lowest BCUT2D eigenvalue weighted by Crippen LogP contribution is -2.36. The van der Waals surface area contributed by atoms with Crippen molar-refractivity contribution >= 4 is 5.69 Å². The van der Waals surface area contributed by atoms with Crippen molar-refractivity contribution in [3.63, 3.8) is 0 Å². The zero-order chi connectivity index (χ0) is 15.9. The topological polar surface area (TPSA) is 24.5 Å². The minimum absolute atomic E-state index is 0.469. The molecule has 0 amide bonds. The van der Waals surface area contributed by atoms with Gasteiger partial charge in [-0.2, -0.15) is 0 Å². The average molecular weight is 310 g/mol. The summed E-state index contributed by atoms with van der Waals surface area (Å²) < 4.78 is 5.41. The van der Waals surface area contributed by atoms with Crippen LogP contribution in [0, 0.1) is 0 Å². The van der Waals surface area contributed by atoms with Crippen molar-refractivity contribution in [3.8, 4) is 0 Å². The van der Waals surface area contributed by atoms with Gasteiger partial charge in [0.2, 0.25) is 0 Å². The van der Waals surface area contributed by atoms with Crippen molar-refractivity contribution in [2.24, 2.45) is 0 Å². The highest BCUT2D eigenvalue weighted by atomic mass is 16.5. The number of hydrogen-bond donors (Lipinski definition) is 1. The van der Waals surface area contributed by atoms with E-state index in [0.717, 1.165) is 39.3 Å². The first-order valence-corrected chi connectivity index (χ1v) is 8.50. The molecule has 1 N–H and O–H groups in total. The highest BCUT2D eigenvalue weighted by molar-refractivity contribution is 5.47. The smallest absolute Gasteiger partial charge is 0.0642 e. The Hall–Kier alpha value is -1.84.